The van der Waals surface area contributed by atoms with Crippen molar-refractivity contribution in [2.24, 2.45) is 5.73 Å². The fourth-order valence-corrected chi connectivity index (χ4v) is 5.26. The molecule has 0 aliphatic heterocycles. The van der Waals surface area contributed by atoms with E-state index < -0.39 is 29.6 Å². The largest absolute Gasteiger partial charge is 0.467 e. The van der Waals surface area contributed by atoms with Crippen LogP contribution in [0, 0.1) is 0 Å². The maximum Gasteiger partial charge on any atom is 0.411 e. The van der Waals surface area contributed by atoms with Gasteiger partial charge in [0.15, 0.2) is 0 Å². The Hall–Kier alpha value is -4.17. The molecule has 0 radical (unpaired) electrons. The maximum absolute atomic E-state index is 12.6. The maximum atomic E-state index is 12.6. The summed E-state index contributed by atoms with van der Waals surface area (Å²) in [5, 5.41) is 5.53. The van der Waals surface area contributed by atoms with Crippen molar-refractivity contribution in [3.05, 3.63) is 89.5 Å². The standard InChI is InChI=1S/C30H31N3O5/c1-37-28(35)30(15-6-16-30)33-27(34)26(31)17-19-11-13-20(14-12-19)32-29(36)38-18-25-23-9-4-2-7-21(23)22-8-3-5-10-24(22)25/h2-5,7-14,25-26H,6,15-18,31H2,1H3,(H,32,36)(H,33,34). The van der Waals surface area contributed by atoms with Crippen molar-refractivity contribution in [2.45, 2.75) is 43.2 Å². The van der Waals surface area contributed by atoms with Crippen molar-refractivity contribution in [3.8, 4) is 11.1 Å². The summed E-state index contributed by atoms with van der Waals surface area (Å²) in [4.78, 5) is 37.2. The van der Waals surface area contributed by atoms with Crippen molar-refractivity contribution in [1.82, 2.24) is 5.32 Å². The summed E-state index contributed by atoms with van der Waals surface area (Å²) >= 11 is 0. The van der Waals surface area contributed by atoms with E-state index in [-0.39, 0.29) is 18.9 Å². The van der Waals surface area contributed by atoms with Crippen LogP contribution in [0.2, 0.25) is 0 Å². The minimum absolute atomic E-state index is 0.0126. The summed E-state index contributed by atoms with van der Waals surface area (Å²) in [6.45, 7) is 0.231. The van der Waals surface area contributed by atoms with E-state index in [1.54, 1.807) is 24.3 Å². The molecule has 8 heteroatoms. The lowest BCUT2D eigenvalue weighted by atomic mass is 9.76. The minimum atomic E-state index is -0.958. The highest BCUT2D eigenvalue weighted by Gasteiger charge is 2.47. The van der Waals surface area contributed by atoms with Crippen LogP contribution in [0.15, 0.2) is 72.8 Å². The third-order valence-corrected chi connectivity index (χ3v) is 7.48. The molecule has 8 nitrogen and oxygen atoms in total. The summed E-state index contributed by atoms with van der Waals surface area (Å²) in [7, 11) is 1.31. The Morgan fingerprint density at radius 1 is 0.947 bits per heavy atom. The van der Waals surface area contributed by atoms with Crippen molar-refractivity contribution in [1.29, 1.82) is 0 Å². The van der Waals surface area contributed by atoms with Crippen LogP contribution >= 0.6 is 0 Å². The van der Waals surface area contributed by atoms with Crippen molar-refractivity contribution >= 4 is 23.7 Å². The average molecular weight is 514 g/mol. The smallest absolute Gasteiger partial charge is 0.411 e. The SMILES string of the molecule is COC(=O)C1(NC(=O)C(N)Cc2ccc(NC(=O)OCC3c4ccccc4-c4ccccc43)cc2)CCC1. The Morgan fingerprint density at radius 3 is 2.11 bits per heavy atom. The number of nitrogens with one attached hydrogen (secondary N) is 2. The topological polar surface area (TPSA) is 120 Å². The van der Waals surface area contributed by atoms with Gasteiger partial charge in [-0.15, -0.1) is 0 Å². The molecule has 5 rings (SSSR count). The Labute approximate surface area is 221 Å². The van der Waals surface area contributed by atoms with E-state index in [2.05, 4.69) is 34.9 Å². The summed E-state index contributed by atoms with van der Waals surface area (Å²) in [6.07, 6.45) is 1.70. The first kappa shape index (κ1) is 25.5. The van der Waals surface area contributed by atoms with E-state index >= 15 is 0 Å². The summed E-state index contributed by atoms with van der Waals surface area (Å²) < 4.78 is 10.4. The molecule has 2 aliphatic carbocycles. The molecule has 0 aromatic heterocycles. The molecule has 1 atom stereocenters. The van der Waals surface area contributed by atoms with Gasteiger partial charge in [-0.3, -0.25) is 10.1 Å². The number of amides is 2. The monoisotopic (exact) mass is 513 g/mol. The first-order valence-electron chi connectivity index (χ1n) is 12.8. The van der Waals surface area contributed by atoms with Gasteiger partial charge in [0.2, 0.25) is 5.91 Å². The second kappa shape index (κ2) is 10.7. The van der Waals surface area contributed by atoms with Gasteiger partial charge in [0.05, 0.1) is 13.2 Å². The van der Waals surface area contributed by atoms with Gasteiger partial charge in [-0.05, 0) is 65.6 Å². The van der Waals surface area contributed by atoms with Crippen LogP contribution in [0.4, 0.5) is 10.5 Å². The van der Waals surface area contributed by atoms with Gasteiger partial charge in [0.25, 0.3) is 0 Å². The number of anilines is 1. The number of carbonyl (C=O) groups excluding carboxylic acids is 3. The highest BCUT2D eigenvalue weighted by molar-refractivity contribution is 5.91. The fourth-order valence-electron chi connectivity index (χ4n) is 5.26. The zero-order valence-electron chi connectivity index (χ0n) is 21.2. The van der Waals surface area contributed by atoms with Gasteiger partial charge in [-0.1, -0.05) is 60.7 Å². The molecule has 0 saturated heterocycles. The van der Waals surface area contributed by atoms with Crippen LogP contribution in [0.5, 0.6) is 0 Å². The molecule has 38 heavy (non-hydrogen) atoms. The number of hydrogen-bond donors (Lipinski definition) is 3. The molecule has 196 valence electrons. The number of nitrogens with two attached hydrogens (primary N) is 1. The van der Waals surface area contributed by atoms with Crippen molar-refractivity contribution in [2.75, 3.05) is 19.0 Å². The van der Waals surface area contributed by atoms with Crippen LogP contribution in [0.3, 0.4) is 0 Å². The van der Waals surface area contributed by atoms with Crippen LogP contribution in [0.25, 0.3) is 11.1 Å². The molecule has 3 aromatic rings. The molecule has 0 heterocycles. The average Bonchev–Trinajstić information content (AvgIpc) is 3.23. The molecule has 1 saturated carbocycles. The predicted octanol–water partition coefficient (Wildman–Crippen LogP) is 4.13. The van der Waals surface area contributed by atoms with E-state index in [4.69, 9.17) is 15.2 Å². The molecule has 2 amide bonds. The number of esters is 1. The van der Waals surface area contributed by atoms with Crippen molar-refractivity contribution in [3.63, 3.8) is 0 Å². The third-order valence-electron chi connectivity index (χ3n) is 7.48. The van der Waals surface area contributed by atoms with Crippen LogP contribution in [-0.4, -0.2) is 43.3 Å². The number of rotatable bonds is 8. The van der Waals surface area contributed by atoms with Crippen LogP contribution in [0.1, 0.15) is 41.9 Å². The zero-order chi connectivity index (χ0) is 26.7. The lowest BCUT2D eigenvalue weighted by molar-refractivity contribution is -0.155. The summed E-state index contributed by atoms with van der Waals surface area (Å²) in [5.41, 5.74) is 11.2. The lowest BCUT2D eigenvalue weighted by Gasteiger charge is -2.39. The van der Waals surface area contributed by atoms with E-state index in [1.165, 1.54) is 18.2 Å². The van der Waals surface area contributed by atoms with Crippen LogP contribution < -0.4 is 16.4 Å². The highest BCUT2D eigenvalue weighted by Crippen LogP contribution is 2.44. The number of fused-ring (bicyclic) bond motifs is 3. The summed E-state index contributed by atoms with van der Waals surface area (Å²) in [6, 6.07) is 22.6. The molecule has 3 aromatic carbocycles. The molecule has 0 spiro atoms. The second-order valence-corrected chi connectivity index (χ2v) is 9.87. The van der Waals surface area contributed by atoms with Gasteiger partial charge >= 0.3 is 12.1 Å². The lowest BCUT2D eigenvalue weighted by Crippen LogP contribution is -2.62. The van der Waals surface area contributed by atoms with Gasteiger partial charge in [-0.25, -0.2) is 9.59 Å². The molecule has 4 N–H and O–H groups in total. The Kier molecular flexibility index (Phi) is 7.15. The third kappa shape index (κ3) is 4.99. The Balaban J connectivity index is 1.14. The number of methoxy groups -OCH3 is 1. The van der Waals surface area contributed by atoms with Gasteiger partial charge in [0.1, 0.15) is 12.1 Å². The number of carbonyl (C=O) groups is 3. The van der Waals surface area contributed by atoms with Gasteiger partial charge in [0, 0.05) is 11.6 Å². The van der Waals surface area contributed by atoms with Gasteiger partial charge < -0.3 is 20.5 Å². The van der Waals surface area contributed by atoms with E-state index in [9.17, 15) is 14.4 Å². The quantitative estimate of drug-likeness (QED) is 0.390. The fraction of sp³-hybridized carbons (Fsp3) is 0.300. The number of benzene rings is 3. The van der Waals surface area contributed by atoms with E-state index in [0.29, 0.717) is 18.5 Å². The minimum Gasteiger partial charge on any atom is -0.467 e. The first-order valence-corrected chi connectivity index (χ1v) is 12.8. The number of hydrogen-bond acceptors (Lipinski definition) is 6. The second-order valence-electron chi connectivity index (χ2n) is 9.87. The molecule has 2 aliphatic rings. The highest BCUT2D eigenvalue weighted by atomic mass is 16.5. The Bertz CT molecular complexity index is 1300. The normalized spacial score (nSPS) is 15.8. The first-order chi connectivity index (χ1) is 18.4. The van der Waals surface area contributed by atoms with Crippen molar-refractivity contribution < 1.29 is 23.9 Å². The molecular weight excluding hydrogens is 482 g/mol. The Morgan fingerprint density at radius 2 is 1.55 bits per heavy atom. The van der Waals surface area contributed by atoms with Gasteiger partial charge in [-0.2, -0.15) is 0 Å². The van der Waals surface area contributed by atoms with E-state index in [1.807, 2.05) is 24.3 Å². The predicted molar refractivity (Wildman–Crippen MR) is 144 cm³/mol. The van der Waals surface area contributed by atoms with E-state index in [0.717, 1.165) is 23.1 Å². The molecule has 1 fully saturated rings. The molecule has 1 unspecified atom stereocenters. The molecular formula is C30H31N3O5. The molecule has 0 bridgehead atoms. The van der Waals surface area contributed by atoms with Crippen LogP contribution in [-0.2, 0) is 25.5 Å². The summed E-state index contributed by atoms with van der Waals surface area (Å²) in [5.74, 6) is -0.842. The zero-order valence-corrected chi connectivity index (χ0v) is 21.2. The number of ether oxygens (including phenoxy) is 2.